The Morgan fingerprint density at radius 1 is 1.23 bits per heavy atom. The van der Waals surface area contributed by atoms with Gasteiger partial charge in [-0.15, -0.1) is 0 Å². The van der Waals surface area contributed by atoms with Crippen LogP contribution < -0.4 is 0 Å². The Labute approximate surface area is 79.5 Å². The number of rotatable bonds is 3. The summed E-state index contributed by atoms with van der Waals surface area (Å²) < 4.78 is 5.06. The average molecular weight is 185 g/mol. The maximum atomic E-state index is 11.2. The molecule has 0 aliphatic carbocycles. The van der Waals surface area contributed by atoms with Crippen molar-refractivity contribution in [3.05, 3.63) is 0 Å². The normalized spacial score (nSPS) is 12.4. The molecule has 0 aromatic carbocycles. The number of carbonyl (C=O) groups excluding carboxylic acids is 2. The van der Waals surface area contributed by atoms with E-state index in [2.05, 4.69) is 0 Å². The predicted octanol–water partition coefficient (Wildman–Crippen LogP) is 1.85. The van der Waals surface area contributed by atoms with Crippen LogP contribution in [0, 0.1) is 5.41 Å². The molecule has 0 heterocycles. The van der Waals surface area contributed by atoms with Gasteiger partial charge in [0.25, 0.3) is 0 Å². The van der Waals surface area contributed by atoms with Gasteiger partial charge in [0.15, 0.2) is 0 Å². The van der Waals surface area contributed by atoms with Crippen LogP contribution in [-0.2, 0) is 14.3 Å². The Balaban J connectivity index is 4.10. The number of carbonyl (C=O) groups is 1. The molecule has 0 aliphatic heterocycles. The first-order chi connectivity index (χ1) is 5.66. The summed E-state index contributed by atoms with van der Waals surface area (Å²) in [4.78, 5) is 21.6. The fourth-order valence-corrected chi connectivity index (χ4v) is 0.775. The van der Waals surface area contributed by atoms with Crippen LogP contribution in [-0.4, -0.2) is 17.9 Å². The zero-order valence-corrected chi connectivity index (χ0v) is 8.93. The Morgan fingerprint density at radius 2 is 1.69 bits per heavy atom. The second kappa shape index (κ2) is 3.90. The van der Waals surface area contributed by atoms with Crippen molar-refractivity contribution in [2.75, 3.05) is 0 Å². The molecule has 13 heavy (non-hydrogen) atoms. The largest absolute Gasteiger partial charge is 0.460 e. The molecule has 0 amide bonds. The Bertz CT molecular complexity index is 199. The van der Waals surface area contributed by atoms with E-state index >= 15 is 0 Å². The summed E-state index contributed by atoms with van der Waals surface area (Å²) in [6.07, 6.45) is 1.88. The van der Waals surface area contributed by atoms with Crippen molar-refractivity contribution in [1.29, 1.82) is 0 Å². The third kappa shape index (κ3) is 6.31. The first-order valence-electron chi connectivity index (χ1n) is 4.27. The first-order valence-corrected chi connectivity index (χ1v) is 4.27. The summed E-state index contributed by atoms with van der Waals surface area (Å²) in [6.45, 7) is 8.70. The molecule has 3 heteroatoms. The van der Waals surface area contributed by atoms with E-state index in [1.165, 1.54) is 0 Å². The topological polar surface area (TPSA) is 43.4 Å². The zero-order chi connectivity index (χ0) is 10.7. The van der Waals surface area contributed by atoms with Crippen molar-refractivity contribution in [3.63, 3.8) is 0 Å². The predicted molar refractivity (Wildman–Crippen MR) is 49.9 cm³/mol. The molecule has 0 saturated carbocycles. The lowest BCUT2D eigenvalue weighted by atomic mass is 9.91. The molecular weight excluding hydrogens is 168 g/mol. The van der Waals surface area contributed by atoms with Crippen molar-refractivity contribution >= 4 is 12.3 Å². The van der Waals surface area contributed by atoms with Crippen LogP contribution in [0.2, 0.25) is 0 Å². The van der Waals surface area contributed by atoms with Gasteiger partial charge in [-0.2, -0.15) is 0 Å². The highest BCUT2D eigenvalue weighted by atomic mass is 16.6. The summed E-state index contributed by atoms with van der Waals surface area (Å²) in [7, 11) is 0. The lowest BCUT2D eigenvalue weighted by Crippen LogP contribution is -2.28. The summed E-state index contributed by atoms with van der Waals surface area (Å²) in [5.41, 5.74) is -1.24. The van der Waals surface area contributed by atoms with Crippen molar-refractivity contribution < 1.29 is 14.3 Å². The van der Waals surface area contributed by atoms with Crippen LogP contribution >= 0.6 is 0 Å². The zero-order valence-electron chi connectivity index (χ0n) is 8.93. The van der Waals surface area contributed by atoms with E-state index in [1.54, 1.807) is 34.6 Å². The monoisotopic (exact) mass is 185 g/mol. The van der Waals surface area contributed by atoms with Gasteiger partial charge in [0.1, 0.15) is 5.60 Å². The Kier molecular flexibility index (Phi) is 3.64. The second-order valence-corrected chi connectivity index (χ2v) is 4.75. The van der Waals surface area contributed by atoms with Crippen LogP contribution in [0.25, 0.3) is 0 Å². The third-order valence-electron chi connectivity index (χ3n) is 1.28. The quantitative estimate of drug-likeness (QED) is 0.630. The van der Waals surface area contributed by atoms with Crippen LogP contribution in [0.5, 0.6) is 0 Å². The minimum absolute atomic E-state index is 0.0772. The van der Waals surface area contributed by atoms with E-state index in [0.717, 1.165) is 0 Å². The molecule has 0 fully saturated rings. The fraction of sp³-hybridized carbons (Fsp3) is 0.800. The van der Waals surface area contributed by atoms with E-state index in [9.17, 15) is 9.59 Å². The van der Waals surface area contributed by atoms with Crippen LogP contribution in [0.3, 0.4) is 0 Å². The van der Waals surface area contributed by atoms with Crippen LogP contribution in [0.4, 0.5) is 0 Å². The highest BCUT2D eigenvalue weighted by Crippen LogP contribution is 2.19. The maximum Gasteiger partial charge on any atom is 0.307 e. The first kappa shape index (κ1) is 12.1. The molecule has 0 spiro atoms. The van der Waals surface area contributed by atoms with E-state index in [0.29, 0.717) is 0 Å². The third-order valence-corrected chi connectivity index (χ3v) is 1.28. The molecule has 0 bridgehead atoms. The highest BCUT2D eigenvalue weighted by Gasteiger charge is 2.26. The van der Waals surface area contributed by atoms with E-state index in [1.807, 2.05) is 6.29 Å². The molecule has 0 aromatic rings. The van der Waals surface area contributed by atoms with Crippen LogP contribution in [0.1, 0.15) is 41.0 Å². The molecule has 0 aliphatic rings. The molecule has 0 rings (SSSR count). The summed E-state index contributed by atoms with van der Waals surface area (Å²) in [6, 6.07) is 0. The molecular formula is C10H17O3. The second-order valence-electron chi connectivity index (χ2n) is 4.75. The molecule has 3 nitrogen and oxygen atoms in total. The molecule has 0 aromatic heterocycles. The van der Waals surface area contributed by atoms with Gasteiger partial charge in [0.2, 0.25) is 6.29 Å². The van der Waals surface area contributed by atoms with Crippen LogP contribution in [0.15, 0.2) is 0 Å². The van der Waals surface area contributed by atoms with Crippen molar-refractivity contribution in [2.45, 2.75) is 46.6 Å². The number of esters is 1. The lowest BCUT2D eigenvalue weighted by molar-refractivity contribution is -0.156. The van der Waals surface area contributed by atoms with E-state index < -0.39 is 11.0 Å². The van der Waals surface area contributed by atoms with E-state index in [4.69, 9.17) is 4.74 Å². The van der Waals surface area contributed by atoms with Gasteiger partial charge in [-0.1, -0.05) is 13.8 Å². The molecule has 75 valence electrons. The van der Waals surface area contributed by atoms with Gasteiger partial charge in [-0.05, 0) is 20.8 Å². The van der Waals surface area contributed by atoms with Crippen molar-refractivity contribution in [2.24, 2.45) is 5.41 Å². The van der Waals surface area contributed by atoms with Gasteiger partial charge >= 0.3 is 5.97 Å². The summed E-state index contributed by atoms with van der Waals surface area (Å²) in [5.74, 6) is -0.360. The number of hydrogen-bond acceptors (Lipinski definition) is 3. The van der Waals surface area contributed by atoms with Crippen molar-refractivity contribution in [3.8, 4) is 0 Å². The lowest BCUT2D eigenvalue weighted by Gasteiger charge is -2.22. The molecule has 0 unspecified atom stereocenters. The standard InChI is InChI=1S/C10H17O3/c1-9(2,3)13-8(12)6-10(4,5)7-11/h6H2,1-5H3. The Hall–Kier alpha value is -0.860. The summed E-state index contributed by atoms with van der Waals surface area (Å²) in [5, 5.41) is 0. The molecule has 1 radical (unpaired) electrons. The van der Waals surface area contributed by atoms with Gasteiger partial charge in [0.05, 0.1) is 6.42 Å². The number of ether oxygens (including phenoxy) is 1. The number of hydrogen-bond donors (Lipinski definition) is 0. The minimum atomic E-state index is -0.748. The minimum Gasteiger partial charge on any atom is -0.460 e. The van der Waals surface area contributed by atoms with Gasteiger partial charge in [-0.25, -0.2) is 0 Å². The van der Waals surface area contributed by atoms with E-state index in [-0.39, 0.29) is 12.4 Å². The van der Waals surface area contributed by atoms with Gasteiger partial charge in [-0.3, -0.25) is 9.59 Å². The summed E-state index contributed by atoms with van der Waals surface area (Å²) >= 11 is 0. The van der Waals surface area contributed by atoms with Crippen molar-refractivity contribution in [1.82, 2.24) is 0 Å². The Morgan fingerprint density at radius 3 is 2.00 bits per heavy atom. The maximum absolute atomic E-state index is 11.2. The SMILES string of the molecule is CC(C)([C]=O)CC(=O)OC(C)(C)C. The molecule has 0 N–H and O–H groups in total. The molecule has 0 atom stereocenters. The molecule has 0 saturated heterocycles. The average Bonchev–Trinajstić information content (AvgIpc) is 1.81. The highest BCUT2D eigenvalue weighted by molar-refractivity contribution is 5.76. The smallest absolute Gasteiger partial charge is 0.307 e. The van der Waals surface area contributed by atoms with Gasteiger partial charge in [0, 0.05) is 5.41 Å². The fourth-order valence-electron chi connectivity index (χ4n) is 0.775. The van der Waals surface area contributed by atoms with Gasteiger partial charge < -0.3 is 4.74 Å².